The van der Waals surface area contributed by atoms with E-state index in [-0.39, 0.29) is 18.0 Å². The number of aryl methyl sites for hydroxylation is 2. The highest BCUT2D eigenvalue weighted by atomic mass is 32.2. The quantitative estimate of drug-likeness (QED) is 0.631. The fourth-order valence-electron chi connectivity index (χ4n) is 5.25. The molecule has 0 radical (unpaired) electrons. The summed E-state index contributed by atoms with van der Waals surface area (Å²) >= 11 is 0. The average Bonchev–Trinajstić information content (AvgIpc) is 3.31. The number of rotatable bonds is 4. The lowest BCUT2D eigenvalue weighted by atomic mass is 9.88. The first-order valence-electron chi connectivity index (χ1n) is 11.3. The van der Waals surface area contributed by atoms with Gasteiger partial charge in [0.2, 0.25) is 10.0 Å². The van der Waals surface area contributed by atoms with Crippen LogP contribution in [0.1, 0.15) is 58.4 Å². The van der Waals surface area contributed by atoms with Crippen LogP contribution in [0.4, 0.5) is 11.5 Å². The summed E-state index contributed by atoms with van der Waals surface area (Å²) < 4.78 is 27.7. The average molecular weight is 465 g/mol. The number of carbonyl (C=O) groups excluding carboxylic acids is 1. The van der Waals surface area contributed by atoms with E-state index in [1.54, 1.807) is 24.4 Å². The van der Waals surface area contributed by atoms with Gasteiger partial charge in [0.05, 0.1) is 24.2 Å². The van der Waals surface area contributed by atoms with Gasteiger partial charge in [0, 0.05) is 17.2 Å². The molecule has 3 aromatic rings. The highest BCUT2D eigenvalue weighted by Crippen LogP contribution is 2.36. The molecule has 1 aliphatic heterocycles. The van der Waals surface area contributed by atoms with Gasteiger partial charge in [0.15, 0.2) is 0 Å². The second-order valence-corrected chi connectivity index (χ2v) is 11.0. The number of nitrogens with one attached hydrogen (secondary N) is 1. The van der Waals surface area contributed by atoms with E-state index < -0.39 is 10.0 Å². The van der Waals surface area contributed by atoms with Gasteiger partial charge in [-0.25, -0.2) is 13.1 Å². The van der Waals surface area contributed by atoms with Crippen molar-refractivity contribution in [1.82, 2.24) is 9.78 Å². The smallest absolute Gasteiger partial charge is 0.256 e. The fourth-order valence-corrected chi connectivity index (χ4v) is 6.52. The molecule has 2 unspecified atom stereocenters. The van der Waals surface area contributed by atoms with Crippen LogP contribution >= 0.6 is 0 Å². The minimum absolute atomic E-state index is 0.0862. The number of carbonyl (C=O) groups is 1. The van der Waals surface area contributed by atoms with Crippen LogP contribution in [0.15, 0.2) is 48.7 Å². The summed E-state index contributed by atoms with van der Waals surface area (Å²) in [6.07, 6.45) is 6.70. The van der Waals surface area contributed by atoms with Gasteiger partial charge in [-0.1, -0.05) is 24.3 Å². The van der Waals surface area contributed by atoms with E-state index in [0.717, 1.165) is 30.4 Å². The standard InChI is InChI=1S/C25H28N4O3S/c1-16-15-26-28(23-10-6-8-18-7-4-5-9-21(18)23)24(16)27-25(30)19-11-12-22-20(14-19)13-17(2)29(22)33(3,31)32/h4-5,7,9,11-12,14-15,17,23H,6,8,10,13H2,1-3H3,(H,27,30). The molecule has 0 saturated heterocycles. The zero-order valence-corrected chi connectivity index (χ0v) is 19.9. The second-order valence-electron chi connectivity index (χ2n) is 9.14. The number of hydrogen-bond acceptors (Lipinski definition) is 4. The summed E-state index contributed by atoms with van der Waals surface area (Å²) in [5.41, 5.74) is 5.53. The van der Waals surface area contributed by atoms with E-state index in [4.69, 9.17) is 0 Å². The van der Waals surface area contributed by atoms with Crippen LogP contribution in [0.5, 0.6) is 0 Å². The first kappa shape index (κ1) is 21.7. The van der Waals surface area contributed by atoms with Crippen molar-refractivity contribution in [1.29, 1.82) is 0 Å². The third kappa shape index (κ3) is 3.82. The number of nitrogens with zero attached hydrogens (tertiary/aromatic N) is 3. The van der Waals surface area contributed by atoms with E-state index in [1.165, 1.54) is 21.7 Å². The van der Waals surface area contributed by atoms with E-state index >= 15 is 0 Å². The molecule has 0 spiro atoms. The fraction of sp³-hybridized carbons (Fsp3) is 0.360. The van der Waals surface area contributed by atoms with Gasteiger partial charge in [0.1, 0.15) is 5.82 Å². The van der Waals surface area contributed by atoms with Crippen LogP contribution in [0, 0.1) is 6.92 Å². The molecule has 0 bridgehead atoms. The molecule has 0 saturated carbocycles. The van der Waals surface area contributed by atoms with E-state index in [1.807, 2.05) is 18.5 Å². The van der Waals surface area contributed by atoms with Crippen LogP contribution in [-0.2, 0) is 22.9 Å². The Bertz CT molecular complexity index is 1350. The van der Waals surface area contributed by atoms with Crippen LogP contribution in [0.2, 0.25) is 0 Å². The number of amides is 1. The first-order chi connectivity index (χ1) is 15.7. The number of hydrogen-bond donors (Lipinski definition) is 1. The van der Waals surface area contributed by atoms with Crippen molar-refractivity contribution >= 4 is 27.4 Å². The number of fused-ring (bicyclic) bond motifs is 2. The van der Waals surface area contributed by atoms with E-state index in [9.17, 15) is 13.2 Å². The van der Waals surface area contributed by atoms with Gasteiger partial charge in [-0.2, -0.15) is 5.10 Å². The Labute approximate surface area is 194 Å². The lowest BCUT2D eigenvalue weighted by Crippen LogP contribution is -2.34. The highest BCUT2D eigenvalue weighted by Gasteiger charge is 2.33. The number of sulfonamides is 1. The number of anilines is 2. The normalized spacial score (nSPS) is 19.8. The Balaban J connectivity index is 1.44. The summed E-state index contributed by atoms with van der Waals surface area (Å²) in [5, 5.41) is 7.70. The Kier molecular flexibility index (Phi) is 5.28. The molecular weight excluding hydrogens is 436 g/mol. The molecular formula is C25H28N4O3S. The molecule has 1 N–H and O–H groups in total. The minimum Gasteiger partial charge on any atom is -0.307 e. The summed E-state index contributed by atoms with van der Waals surface area (Å²) in [4.78, 5) is 13.2. The molecule has 5 rings (SSSR count). The number of aromatic nitrogens is 2. The molecule has 2 atom stereocenters. The number of benzene rings is 2. The summed E-state index contributed by atoms with van der Waals surface area (Å²) in [5.74, 6) is 0.477. The minimum atomic E-state index is -3.37. The van der Waals surface area contributed by atoms with Gasteiger partial charge >= 0.3 is 0 Å². The first-order valence-corrected chi connectivity index (χ1v) is 13.1. The molecule has 1 amide bonds. The molecule has 33 heavy (non-hydrogen) atoms. The zero-order chi connectivity index (χ0) is 23.3. The van der Waals surface area contributed by atoms with Crippen LogP contribution in [-0.4, -0.2) is 36.4 Å². The van der Waals surface area contributed by atoms with Gasteiger partial charge in [-0.15, -0.1) is 0 Å². The molecule has 7 nitrogen and oxygen atoms in total. The van der Waals surface area contributed by atoms with Gasteiger partial charge in [-0.3, -0.25) is 9.10 Å². The van der Waals surface area contributed by atoms with Gasteiger partial charge in [-0.05, 0) is 74.4 Å². The monoisotopic (exact) mass is 464 g/mol. The Morgan fingerprint density at radius 3 is 2.73 bits per heavy atom. The van der Waals surface area contributed by atoms with Crippen molar-refractivity contribution in [2.75, 3.05) is 15.9 Å². The molecule has 8 heteroatoms. The molecule has 1 aromatic heterocycles. The maximum Gasteiger partial charge on any atom is 0.256 e. The third-order valence-electron chi connectivity index (χ3n) is 6.70. The van der Waals surface area contributed by atoms with Crippen molar-refractivity contribution in [3.05, 3.63) is 76.5 Å². The predicted octanol–water partition coefficient (Wildman–Crippen LogP) is 4.08. The Morgan fingerprint density at radius 1 is 1.15 bits per heavy atom. The molecule has 172 valence electrons. The molecule has 2 heterocycles. The molecule has 1 aliphatic carbocycles. The van der Waals surface area contributed by atoms with E-state index in [0.29, 0.717) is 23.5 Å². The largest absolute Gasteiger partial charge is 0.307 e. The van der Waals surface area contributed by atoms with Crippen molar-refractivity contribution in [3.63, 3.8) is 0 Å². The predicted molar refractivity (Wildman–Crippen MR) is 129 cm³/mol. The topological polar surface area (TPSA) is 84.3 Å². The Morgan fingerprint density at radius 2 is 1.94 bits per heavy atom. The third-order valence-corrected chi connectivity index (χ3v) is 7.97. The molecule has 2 aliphatic rings. The van der Waals surface area contributed by atoms with Crippen LogP contribution in [0.25, 0.3) is 0 Å². The maximum absolute atomic E-state index is 13.2. The maximum atomic E-state index is 13.2. The lowest BCUT2D eigenvalue weighted by molar-refractivity contribution is 0.102. The second kappa shape index (κ2) is 8.02. The van der Waals surface area contributed by atoms with Crippen molar-refractivity contribution in [2.45, 2.75) is 51.6 Å². The highest BCUT2D eigenvalue weighted by molar-refractivity contribution is 7.92. The summed E-state index contributed by atoms with van der Waals surface area (Å²) in [6.45, 7) is 3.83. The van der Waals surface area contributed by atoms with Crippen molar-refractivity contribution in [3.8, 4) is 0 Å². The van der Waals surface area contributed by atoms with Gasteiger partial charge < -0.3 is 5.32 Å². The lowest BCUT2D eigenvalue weighted by Gasteiger charge is -2.27. The molecule has 0 fully saturated rings. The van der Waals surface area contributed by atoms with Crippen LogP contribution in [0.3, 0.4) is 0 Å². The van der Waals surface area contributed by atoms with Crippen LogP contribution < -0.4 is 9.62 Å². The Hall–Kier alpha value is -3.13. The van der Waals surface area contributed by atoms with Crippen molar-refractivity contribution < 1.29 is 13.2 Å². The van der Waals surface area contributed by atoms with Gasteiger partial charge in [0.25, 0.3) is 5.91 Å². The zero-order valence-electron chi connectivity index (χ0n) is 19.1. The van der Waals surface area contributed by atoms with E-state index in [2.05, 4.69) is 34.7 Å². The summed E-state index contributed by atoms with van der Waals surface area (Å²) in [6, 6.07) is 13.6. The SMILES string of the molecule is Cc1cnn(C2CCCc3ccccc32)c1NC(=O)c1ccc2c(c1)CC(C)N2S(C)(=O)=O. The molecule has 2 aromatic carbocycles. The van der Waals surface area contributed by atoms with Crippen molar-refractivity contribution in [2.24, 2.45) is 0 Å². The summed E-state index contributed by atoms with van der Waals surface area (Å²) in [7, 11) is -3.37.